The molecule has 1 aliphatic rings. The van der Waals surface area contributed by atoms with E-state index < -0.39 is 0 Å². The van der Waals surface area contributed by atoms with Crippen LogP contribution in [0.15, 0.2) is 12.4 Å². The zero-order valence-electron chi connectivity index (χ0n) is 9.58. The highest BCUT2D eigenvalue weighted by molar-refractivity contribution is 4.92. The van der Waals surface area contributed by atoms with E-state index in [2.05, 4.69) is 28.0 Å². The average molecular weight is 207 g/mol. The predicted octanol–water partition coefficient (Wildman–Crippen LogP) is 1.98. The molecular formula is C12H21N3. The summed E-state index contributed by atoms with van der Waals surface area (Å²) in [4.78, 5) is 4.37. The maximum absolute atomic E-state index is 4.37. The second-order valence-electron chi connectivity index (χ2n) is 4.37. The molecule has 1 N–H and O–H groups in total. The van der Waals surface area contributed by atoms with Gasteiger partial charge in [0.15, 0.2) is 0 Å². The molecule has 1 saturated carbocycles. The number of nitrogens with one attached hydrogen (secondary N) is 1. The van der Waals surface area contributed by atoms with Gasteiger partial charge in [0.1, 0.15) is 5.82 Å². The molecular weight excluding hydrogens is 186 g/mol. The van der Waals surface area contributed by atoms with E-state index in [0.29, 0.717) is 0 Å². The van der Waals surface area contributed by atoms with E-state index in [-0.39, 0.29) is 0 Å². The third-order valence-corrected chi connectivity index (χ3v) is 2.86. The third-order valence-electron chi connectivity index (χ3n) is 2.86. The molecule has 1 fully saturated rings. The van der Waals surface area contributed by atoms with Gasteiger partial charge in [0.2, 0.25) is 0 Å². The Kier molecular flexibility index (Phi) is 3.78. The summed E-state index contributed by atoms with van der Waals surface area (Å²) in [5.41, 5.74) is 0. The summed E-state index contributed by atoms with van der Waals surface area (Å²) in [6, 6.07) is 0.836. The third kappa shape index (κ3) is 3.34. The van der Waals surface area contributed by atoms with Crippen LogP contribution in [0, 0.1) is 0 Å². The Morgan fingerprint density at radius 2 is 2.40 bits per heavy atom. The van der Waals surface area contributed by atoms with Gasteiger partial charge in [-0.15, -0.1) is 0 Å². The SMILES string of the molecule is CCCc1nccn1CCCNC1CC1. The number of aryl methyl sites for hydroxylation is 2. The summed E-state index contributed by atoms with van der Waals surface area (Å²) in [5.74, 6) is 1.24. The molecule has 1 aliphatic carbocycles. The Bertz CT molecular complexity index is 289. The Balaban J connectivity index is 1.68. The van der Waals surface area contributed by atoms with Gasteiger partial charge in [-0.1, -0.05) is 6.92 Å². The number of imidazole rings is 1. The molecule has 0 aromatic carbocycles. The molecule has 0 amide bonds. The maximum atomic E-state index is 4.37. The topological polar surface area (TPSA) is 29.9 Å². The van der Waals surface area contributed by atoms with Gasteiger partial charge < -0.3 is 9.88 Å². The highest BCUT2D eigenvalue weighted by Crippen LogP contribution is 2.18. The number of nitrogens with zero attached hydrogens (tertiary/aromatic N) is 2. The summed E-state index contributed by atoms with van der Waals surface area (Å²) >= 11 is 0. The van der Waals surface area contributed by atoms with Crippen molar-refractivity contribution in [2.45, 2.75) is 51.6 Å². The van der Waals surface area contributed by atoms with Crippen molar-refractivity contribution in [3.8, 4) is 0 Å². The highest BCUT2D eigenvalue weighted by atomic mass is 15.1. The Morgan fingerprint density at radius 3 is 3.13 bits per heavy atom. The number of rotatable bonds is 7. The molecule has 0 unspecified atom stereocenters. The van der Waals surface area contributed by atoms with Crippen LogP contribution in [0.2, 0.25) is 0 Å². The molecule has 84 valence electrons. The van der Waals surface area contributed by atoms with Crippen LogP contribution in [0.4, 0.5) is 0 Å². The van der Waals surface area contributed by atoms with Crippen LogP contribution in [0.1, 0.15) is 38.4 Å². The van der Waals surface area contributed by atoms with Crippen LogP contribution in [0.5, 0.6) is 0 Å². The summed E-state index contributed by atoms with van der Waals surface area (Å²) in [5, 5.41) is 3.54. The zero-order chi connectivity index (χ0) is 10.5. The molecule has 1 heterocycles. The predicted molar refractivity (Wildman–Crippen MR) is 61.9 cm³/mol. The van der Waals surface area contributed by atoms with Crippen molar-refractivity contribution < 1.29 is 0 Å². The van der Waals surface area contributed by atoms with E-state index in [1.807, 2.05) is 6.20 Å². The van der Waals surface area contributed by atoms with Gasteiger partial charge in [0.25, 0.3) is 0 Å². The maximum Gasteiger partial charge on any atom is 0.108 e. The fourth-order valence-electron chi connectivity index (χ4n) is 1.84. The Labute approximate surface area is 91.9 Å². The lowest BCUT2D eigenvalue weighted by Crippen LogP contribution is -2.19. The molecule has 0 atom stereocenters. The van der Waals surface area contributed by atoms with Gasteiger partial charge in [0.05, 0.1) is 0 Å². The molecule has 0 aliphatic heterocycles. The van der Waals surface area contributed by atoms with Gasteiger partial charge in [-0.05, 0) is 32.2 Å². The smallest absolute Gasteiger partial charge is 0.108 e. The lowest BCUT2D eigenvalue weighted by molar-refractivity contribution is 0.561. The molecule has 3 nitrogen and oxygen atoms in total. The van der Waals surface area contributed by atoms with Crippen molar-refractivity contribution in [1.29, 1.82) is 0 Å². The minimum atomic E-state index is 0.836. The van der Waals surface area contributed by atoms with Crippen LogP contribution >= 0.6 is 0 Å². The minimum Gasteiger partial charge on any atom is -0.335 e. The first-order valence-electron chi connectivity index (χ1n) is 6.13. The van der Waals surface area contributed by atoms with Gasteiger partial charge in [-0.3, -0.25) is 0 Å². The molecule has 15 heavy (non-hydrogen) atoms. The van der Waals surface area contributed by atoms with Crippen LogP contribution in [0.25, 0.3) is 0 Å². The number of aromatic nitrogens is 2. The van der Waals surface area contributed by atoms with Crippen molar-refractivity contribution in [2.75, 3.05) is 6.54 Å². The average Bonchev–Trinajstić information content (AvgIpc) is 2.96. The first-order chi connectivity index (χ1) is 7.40. The zero-order valence-corrected chi connectivity index (χ0v) is 9.58. The molecule has 0 radical (unpaired) electrons. The number of hydrogen-bond donors (Lipinski definition) is 1. The van der Waals surface area contributed by atoms with E-state index in [1.165, 1.54) is 31.5 Å². The summed E-state index contributed by atoms with van der Waals surface area (Å²) < 4.78 is 2.29. The lowest BCUT2D eigenvalue weighted by Gasteiger charge is -2.07. The van der Waals surface area contributed by atoms with E-state index >= 15 is 0 Å². The van der Waals surface area contributed by atoms with E-state index in [9.17, 15) is 0 Å². The fraction of sp³-hybridized carbons (Fsp3) is 0.750. The Morgan fingerprint density at radius 1 is 1.53 bits per heavy atom. The van der Waals surface area contributed by atoms with Gasteiger partial charge in [-0.2, -0.15) is 0 Å². The number of hydrogen-bond acceptors (Lipinski definition) is 2. The summed E-state index contributed by atoms with van der Waals surface area (Å²) in [6.45, 7) is 4.46. The van der Waals surface area contributed by atoms with E-state index in [1.54, 1.807) is 0 Å². The van der Waals surface area contributed by atoms with Crippen LogP contribution in [-0.2, 0) is 13.0 Å². The first kappa shape index (κ1) is 10.7. The van der Waals surface area contributed by atoms with Gasteiger partial charge in [0, 0.05) is 31.4 Å². The highest BCUT2D eigenvalue weighted by Gasteiger charge is 2.19. The second-order valence-corrected chi connectivity index (χ2v) is 4.37. The summed E-state index contributed by atoms with van der Waals surface area (Å²) in [7, 11) is 0. The molecule has 0 bridgehead atoms. The van der Waals surface area contributed by atoms with Gasteiger partial charge in [-0.25, -0.2) is 4.98 Å². The van der Waals surface area contributed by atoms with Gasteiger partial charge >= 0.3 is 0 Å². The van der Waals surface area contributed by atoms with Crippen LogP contribution in [0.3, 0.4) is 0 Å². The Hall–Kier alpha value is -0.830. The largest absolute Gasteiger partial charge is 0.335 e. The molecule has 2 rings (SSSR count). The van der Waals surface area contributed by atoms with Crippen molar-refractivity contribution in [2.24, 2.45) is 0 Å². The van der Waals surface area contributed by atoms with Crippen LogP contribution in [-0.4, -0.2) is 22.1 Å². The van der Waals surface area contributed by atoms with Crippen molar-refractivity contribution >= 4 is 0 Å². The molecule has 1 aromatic heterocycles. The molecule has 0 spiro atoms. The standard InChI is InChI=1S/C12H21N3/c1-2-4-12-14-8-10-15(12)9-3-7-13-11-5-6-11/h8,10-11,13H,2-7,9H2,1H3. The molecule has 3 heteroatoms. The van der Waals surface area contributed by atoms with Crippen molar-refractivity contribution in [1.82, 2.24) is 14.9 Å². The van der Waals surface area contributed by atoms with E-state index in [4.69, 9.17) is 0 Å². The molecule has 1 aromatic rings. The monoisotopic (exact) mass is 207 g/mol. The van der Waals surface area contributed by atoms with Crippen molar-refractivity contribution in [3.05, 3.63) is 18.2 Å². The lowest BCUT2D eigenvalue weighted by atomic mass is 10.3. The normalized spacial score (nSPS) is 15.8. The van der Waals surface area contributed by atoms with Crippen LogP contribution < -0.4 is 5.32 Å². The fourth-order valence-corrected chi connectivity index (χ4v) is 1.84. The first-order valence-corrected chi connectivity index (χ1v) is 6.13. The molecule has 0 saturated heterocycles. The minimum absolute atomic E-state index is 0.836. The van der Waals surface area contributed by atoms with E-state index in [0.717, 1.165) is 25.6 Å². The summed E-state index contributed by atoms with van der Waals surface area (Å²) in [6.07, 6.45) is 10.3. The quantitative estimate of drug-likeness (QED) is 0.693. The second kappa shape index (κ2) is 5.31. The van der Waals surface area contributed by atoms with Crippen molar-refractivity contribution in [3.63, 3.8) is 0 Å².